The number of Topliss-reactive ketones (excluding diaryl/α,β-unsaturated/α-hetero) is 1. The molecule has 1 aromatic heterocycles. The Morgan fingerprint density at radius 1 is 1.12 bits per heavy atom. The van der Waals surface area contributed by atoms with E-state index < -0.39 is 11.7 Å². The molecule has 5 heteroatoms. The minimum atomic E-state index is -0.602. The van der Waals surface area contributed by atoms with Gasteiger partial charge in [-0.2, -0.15) is 0 Å². The number of carbonyl (C=O) groups is 2. The Labute approximate surface area is 90.3 Å². The molecule has 1 aliphatic heterocycles. The number of aromatic nitrogens is 1. The van der Waals surface area contributed by atoms with Crippen LogP contribution < -0.4 is 4.90 Å². The van der Waals surface area contributed by atoms with Gasteiger partial charge < -0.3 is 4.52 Å². The van der Waals surface area contributed by atoms with Gasteiger partial charge in [0.25, 0.3) is 5.78 Å². The number of hydrogen-bond acceptors (Lipinski definition) is 4. The summed E-state index contributed by atoms with van der Waals surface area (Å²) in [5.74, 6) is -0.794. The summed E-state index contributed by atoms with van der Waals surface area (Å²) in [6.45, 7) is 0. The molecule has 1 aliphatic rings. The molecule has 0 bridgehead atoms. The lowest BCUT2D eigenvalue weighted by molar-refractivity contribution is -0.113. The van der Waals surface area contributed by atoms with Crippen LogP contribution in [-0.4, -0.2) is 16.8 Å². The van der Waals surface area contributed by atoms with Crippen LogP contribution in [0.5, 0.6) is 0 Å². The van der Waals surface area contributed by atoms with Gasteiger partial charge in [0.15, 0.2) is 5.82 Å². The molecule has 5 nitrogen and oxygen atoms in total. The average Bonchev–Trinajstić information content (AvgIpc) is 2.89. The van der Waals surface area contributed by atoms with E-state index in [1.54, 1.807) is 24.3 Å². The van der Waals surface area contributed by atoms with Crippen molar-refractivity contribution in [3.05, 3.63) is 42.2 Å². The number of fused-ring (bicyclic) bond motifs is 1. The molecule has 1 aromatic carbocycles. The van der Waals surface area contributed by atoms with Gasteiger partial charge in [0, 0.05) is 6.07 Å². The summed E-state index contributed by atoms with van der Waals surface area (Å²) in [4.78, 5) is 24.7. The maximum absolute atomic E-state index is 11.8. The smallest absolute Gasteiger partial charge is 0.305 e. The van der Waals surface area contributed by atoms with Crippen molar-refractivity contribution in [1.29, 1.82) is 0 Å². The average molecular weight is 214 g/mol. The summed E-state index contributed by atoms with van der Waals surface area (Å²) in [6.07, 6.45) is 1.36. The normalized spacial score (nSPS) is 14.4. The molecule has 3 rings (SSSR count). The third kappa shape index (κ3) is 1.02. The second kappa shape index (κ2) is 3.03. The van der Waals surface area contributed by atoms with Crippen molar-refractivity contribution in [3.8, 4) is 0 Å². The Kier molecular flexibility index (Phi) is 1.67. The van der Waals surface area contributed by atoms with Crippen LogP contribution in [0.1, 0.15) is 10.4 Å². The molecule has 0 unspecified atom stereocenters. The maximum atomic E-state index is 11.8. The molecule has 2 heterocycles. The van der Waals surface area contributed by atoms with Gasteiger partial charge in [-0.15, -0.1) is 0 Å². The Morgan fingerprint density at radius 2 is 1.94 bits per heavy atom. The molecule has 0 aliphatic carbocycles. The van der Waals surface area contributed by atoms with Crippen LogP contribution >= 0.6 is 0 Å². The largest absolute Gasteiger partial charge is 0.363 e. The Balaban J connectivity index is 2.22. The number of hydrogen-bond donors (Lipinski definition) is 0. The third-order valence-electron chi connectivity index (χ3n) is 2.44. The van der Waals surface area contributed by atoms with Crippen molar-refractivity contribution >= 4 is 23.2 Å². The van der Waals surface area contributed by atoms with Gasteiger partial charge in [-0.3, -0.25) is 14.5 Å². The molecule has 2 aromatic rings. The van der Waals surface area contributed by atoms with Crippen molar-refractivity contribution in [1.82, 2.24) is 5.16 Å². The highest BCUT2D eigenvalue weighted by molar-refractivity contribution is 6.53. The summed E-state index contributed by atoms with van der Waals surface area (Å²) in [7, 11) is 0. The van der Waals surface area contributed by atoms with Crippen molar-refractivity contribution in [2.24, 2.45) is 0 Å². The zero-order valence-electron chi connectivity index (χ0n) is 8.08. The lowest BCUT2D eigenvalue weighted by Crippen LogP contribution is -2.24. The van der Waals surface area contributed by atoms with E-state index in [9.17, 15) is 9.59 Å². The molecule has 0 spiro atoms. The second-order valence-electron chi connectivity index (χ2n) is 3.34. The zero-order chi connectivity index (χ0) is 11.1. The predicted molar refractivity (Wildman–Crippen MR) is 54.4 cm³/mol. The first-order chi connectivity index (χ1) is 7.79. The SMILES string of the molecule is O=C1C(=O)N(c2ccon2)c2ccccc21. The first-order valence-electron chi connectivity index (χ1n) is 4.67. The predicted octanol–water partition coefficient (Wildman–Crippen LogP) is 1.54. The fraction of sp³-hybridized carbons (Fsp3) is 0. The molecule has 16 heavy (non-hydrogen) atoms. The standard InChI is InChI=1S/C11H6N2O3/c14-10-7-3-1-2-4-8(7)13(11(10)15)9-5-6-16-12-9/h1-6H. The maximum Gasteiger partial charge on any atom is 0.305 e. The summed E-state index contributed by atoms with van der Waals surface area (Å²) >= 11 is 0. The van der Waals surface area contributed by atoms with Crippen LogP contribution in [0.4, 0.5) is 11.5 Å². The van der Waals surface area contributed by atoms with Crippen molar-refractivity contribution in [3.63, 3.8) is 0 Å². The Bertz CT molecular complexity index is 575. The van der Waals surface area contributed by atoms with Gasteiger partial charge in [0.2, 0.25) is 0 Å². The number of nitrogens with zero attached hydrogens (tertiary/aromatic N) is 2. The van der Waals surface area contributed by atoms with E-state index in [2.05, 4.69) is 9.68 Å². The molecule has 0 N–H and O–H groups in total. The summed E-state index contributed by atoms with van der Waals surface area (Å²) < 4.78 is 4.67. The number of para-hydroxylation sites is 1. The highest BCUT2D eigenvalue weighted by atomic mass is 16.5. The first-order valence-corrected chi connectivity index (χ1v) is 4.67. The number of rotatable bonds is 1. The summed E-state index contributed by atoms with van der Waals surface area (Å²) in [5.41, 5.74) is 0.946. The Hall–Kier alpha value is -2.43. The third-order valence-corrected chi connectivity index (χ3v) is 2.44. The van der Waals surface area contributed by atoms with Gasteiger partial charge in [-0.05, 0) is 12.1 Å². The minimum absolute atomic E-state index is 0.323. The van der Waals surface area contributed by atoms with Crippen LogP contribution in [0.3, 0.4) is 0 Å². The quantitative estimate of drug-likeness (QED) is 0.675. The lowest BCUT2D eigenvalue weighted by atomic mass is 10.1. The van der Waals surface area contributed by atoms with Crippen LogP contribution in [0.2, 0.25) is 0 Å². The van der Waals surface area contributed by atoms with E-state index in [-0.39, 0.29) is 0 Å². The minimum Gasteiger partial charge on any atom is -0.363 e. The van der Waals surface area contributed by atoms with E-state index >= 15 is 0 Å². The monoisotopic (exact) mass is 214 g/mol. The molecule has 0 saturated heterocycles. The second-order valence-corrected chi connectivity index (χ2v) is 3.34. The molecule has 0 atom stereocenters. The van der Waals surface area contributed by atoms with Gasteiger partial charge in [0.1, 0.15) is 6.26 Å². The molecule has 0 radical (unpaired) electrons. The number of ketones is 1. The van der Waals surface area contributed by atoms with E-state index in [0.717, 1.165) is 0 Å². The van der Waals surface area contributed by atoms with Crippen molar-refractivity contribution in [2.45, 2.75) is 0 Å². The molecule has 0 fully saturated rings. The highest BCUT2D eigenvalue weighted by Gasteiger charge is 2.37. The van der Waals surface area contributed by atoms with Gasteiger partial charge in [-0.1, -0.05) is 17.3 Å². The van der Waals surface area contributed by atoms with Crippen LogP contribution in [0, 0.1) is 0 Å². The molecule has 78 valence electrons. The van der Waals surface area contributed by atoms with E-state index in [0.29, 0.717) is 17.1 Å². The van der Waals surface area contributed by atoms with Gasteiger partial charge >= 0.3 is 5.91 Å². The molecular weight excluding hydrogens is 208 g/mol. The molecule has 1 amide bonds. The summed E-state index contributed by atoms with van der Waals surface area (Å²) in [5, 5.41) is 3.66. The van der Waals surface area contributed by atoms with E-state index in [1.165, 1.54) is 17.2 Å². The van der Waals surface area contributed by atoms with Crippen LogP contribution in [0.15, 0.2) is 41.1 Å². The topological polar surface area (TPSA) is 63.4 Å². The highest BCUT2D eigenvalue weighted by Crippen LogP contribution is 2.33. The van der Waals surface area contributed by atoms with Gasteiger partial charge in [-0.25, -0.2) is 0 Å². The number of carbonyl (C=O) groups excluding carboxylic acids is 2. The van der Waals surface area contributed by atoms with Crippen molar-refractivity contribution in [2.75, 3.05) is 4.90 Å². The first kappa shape index (κ1) is 8.84. The van der Waals surface area contributed by atoms with Crippen LogP contribution in [-0.2, 0) is 4.79 Å². The number of amides is 1. The molecular formula is C11H6N2O3. The lowest BCUT2D eigenvalue weighted by Gasteiger charge is -2.11. The summed E-state index contributed by atoms with van der Waals surface area (Å²) in [6, 6.07) is 8.34. The number of benzene rings is 1. The van der Waals surface area contributed by atoms with E-state index in [4.69, 9.17) is 0 Å². The fourth-order valence-electron chi connectivity index (χ4n) is 1.74. The fourth-order valence-corrected chi connectivity index (χ4v) is 1.74. The molecule has 0 saturated carbocycles. The van der Waals surface area contributed by atoms with E-state index in [1.807, 2.05) is 0 Å². The number of anilines is 2. The zero-order valence-corrected chi connectivity index (χ0v) is 8.08. The Morgan fingerprint density at radius 3 is 2.69 bits per heavy atom. The van der Waals surface area contributed by atoms with Gasteiger partial charge in [0.05, 0.1) is 11.3 Å². The van der Waals surface area contributed by atoms with Crippen molar-refractivity contribution < 1.29 is 14.1 Å². The van der Waals surface area contributed by atoms with Crippen LogP contribution in [0.25, 0.3) is 0 Å².